The third-order valence-corrected chi connectivity index (χ3v) is 1.31. The molecule has 0 unspecified atom stereocenters. The second-order valence-corrected chi connectivity index (χ2v) is 3.00. The van der Waals surface area contributed by atoms with E-state index in [9.17, 15) is 12.3 Å². The van der Waals surface area contributed by atoms with Gasteiger partial charge < -0.3 is 11.5 Å². The molecule has 1 aromatic heterocycles. The first kappa shape index (κ1) is 9.38. The van der Waals surface area contributed by atoms with Crippen molar-refractivity contribution < 1.29 is 12.3 Å². The molecule has 0 radical (unpaired) electrons. The van der Waals surface area contributed by atoms with Crippen molar-refractivity contribution in [1.29, 1.82) is 0 Å². The van der Waals surface area contributed by atoms with Gasteiger partial charge in [0.25, 0.3) is 0 Å². The van der Waals surface area contributed by atoms with Crippen LogP contribution in [0.3, 0.4) is 0 Å². The molecule has 0 amide bonds. The Balaban J connectivity index is 3.03. The van der Waals surface area contributed by atoms with Gasteiger partial charge in [-0.05, 0) is 0 Å². The van der Waals surface area contributed by atoms with E-state index in [0.717, 1.165) is 0 Å². The maximum atomic E-state index is 12.0. The quantitative estimate of drug-likeness (QED) is 0.511. The van der Waals surface area contributed by atoms with Gasteiger partial charge in [-0.25, -0.2) is 4.72 Å². The normalized spacial score (nSPS) is 11.2. The fourth-order valence-corrected chi connectivity index (χ4v) is 0.873. The van der Waals surface area contributed by atoms with Crippen LogP contribution in [0.25, 0.3) is 0 Å². The molecule has 1 heterocycles. The summed E-state index contributed by atoms with van der Waals surface area (Å²) in [4.78, 5) is 9.87. The van der Waals surface area contributed by atoms with E-state index in [0.29, 0.717) is 0 Å². The first-order chi connectivity index (χ1) is 5.87. The molecule has 0 saturated carbocycles. The molecule has 0 spiro atoms. The summed E-state index contributed by atoms with van der Waals surface area (Å²) in [6.07, 6.45) is 0. The van der Waals surface area contributed by atoms with E-state index in [1.54, 1.807) is 0 Å². The molecule has 13 heavy (non-hydrogen) atoms. The first-order valence-corrected chi connectivity index (χ1v) is 4.24. The molecule has 0 atom stereocenters. The Bertz CT molecular complexity index is 398. The number of anilines is 3. The van der Waals surface area contributed by atoms with Crippen molar-refractivity contribution in [3.8, 4) is 0 Å². The highest BCUT2D eigenvalue weighted by atomic mass is 32.3. The molecule has 72 valence electrons. The Labute approximate surface area is 72.5 Å². The highest BCUT2D eigenvalue weighted by Crippen LogP contribution is 2.05. The molecule has 0 aliphatic rings. The van der Waals surface area contributed by atoms with E-state index in [1.165, 1.54) is 4.72 Å². The smallest absolute Gasteiger partial charge is 0.368 e. The Morgan fingerprint density at radius 1 is 1.15 bits per heavy atom. The van der Waals surface area contributed by atoms with E-state index in [2.05, 4.69) is 15.0 Å². The zero-order valence-electron chi connectivity index (χ0n) is 6.10. The van der Waals surface area contributed by atoms with E-state index in [1.807, 2.05) is 0 Å². The summed E-state index contributed by atoms with van der Waals surface area (Å²) in [6, 6.07) is 0. The van der Waals surface area contributed by atoms with Gasteiger partial charge in [-0.1, -0.05) is 3.89 Å². The molecule has 0 bridgehead atoms. The largest absolute Gasteiger partial charge is 0.399 e. The van der Waals surface area contributed by atoms with E-state index in [-0.39, 0.29) is 11.9 Å². The fraction of sp³-hybridized carbons (Fsp3) is 0. The van der Waals surface area contributed by atoms with E-state index in [4.69, 9.17) is 11.5 Å². The summed E-state index contributed by atoms with van der Waals surface area (Å²) in [7, 11) is -4.92. The molecule has 0 aliphatic heterocycles. The number of nitrogens with two attached hydrogens (primary N) is 2. The molecular formula is C3H5FN6O2S. The van der Waals surface area contributed by atoms with Crippen LogP contribution in [0, 0.1) is 0 Å². The van der Waals surface area contributed by atoms with Crippen molar-refractivity contribution in [3.05, 3.63) is 0 Å². The molecule has 0 aliphatic carbocycles. The molecule has 10 heteroatoms. The molecular weight excluding hydrogens is 203 g/mol. The second kappa shape index (κ2) is 2.97. The number of hydrogen-bond donors (Lipinski definition) is 3. The van der Waals surface area contributed by atoms with Crippen molar-refractivity contribution in [2.75, 3.05) is 16.2 Å². The topological polar surface area (TPSA) is 137 Å². The fourth-order valence-electron chi connectivity index (χ4n) is 0.564. The lowest BCUT2D eigenvalue weighted by molar-refractivity contribution is 0.558. The van der Waals surface area contributed by atoms with Crippen molar-refractivity contribution in [1.82, 2.24) is 15.0 Å². The lowest BCUT2D eigenvalue weighted by Crippen LogP contribution is -2.12. The minimum atomic E-state index is -4.92. The van der Waals surface area contributed by atoms with Crippen LogP contribution in [-0.4, -0.2) is 23.4 Å². The SMILES string of the molecule is Nc1nc(N)nc(NS(=O)(=O)F)n1. The molecule has 0 aromatic carbocycles. The summed E-state index contributed by atoms with van der Waals surface area (Å²) < 4.78 is 33.5. The molecule has 5 N–H and O–H groups in total. The molecule has 8 nitrogen and oxygen atoms in total. The zero-order valence-corrected chi connectivity index (χ0v) is 6.92. The number of halogens is 1. The Morgan fingerprint density at radius 2 is 1.62 bits per heavy atom. The van der Waals surface area contributed by atoms with Crippen LogP contribution in [0.2, 0.25) is 0 Å². The number of nitrogens with one attached hydrogen (secondary N) is 1. The van der Waals surface area contributed by atoms with Gasteiger partial charge in [0, 0.05) is 0 Å². The van der Waals surface area contributed by atoms with Crippen LogP contribution in [0.15, 0.2) is 0 Å². The number of rotatable bonds is 2. The Morgan fingerprint density at radius 3 is 2.00 bits per heavy atom. The Kier molecular flexibility index (Phi) is 2.14. The highest BCUT2D eigenvalue weighted by Gasteiger charge is 2.10. The second-order valence-electron chi connectivity index (χ2n) is 1.92. The number of nitrogen functional groups attached to an aromatic ring is 2. The van der Waals surface area contributed by atoms with Gasteiger partial charge in [0.05, 0.1) is 0 Å². The number of aromatic nitrogens is 3. The van der Waals surface area contributed by atoms with Crippen molar-refractivity contribution in [2.24, 2.45) is 0 Å². The van der Waals surface area contributed by atoms with Gasteiger partial charge in [0.1, 0.15) is 0 Å². The van der Waals surface area contributed by atoms with E-state index < -0.39 is 16.4 Å². The van der Waals surface area contributed by atoms with Crippen LogP contribution in [0.1, 0.15) is 0 Å². The Hall–Kier alpha value is -1.71. The van der Waals surface area contributed by atoms with Crippen LogP contribution < -0.4 is 16.2 Å². The van der Waals surface area contributed by atoms with Crippen LogP contribution in [0.5, 0.6) is 0 Å². The van der Waals surface area contributed by atoms with Gasteiger partial charge in [-0.15, -0.1) is 0 Å². The van der Waals surface area contributed by atoms with Crippen molar-refractivity contribution >= 4 is 28.3 Å². The third kappa shape index (κ3) is 3.02. The number of nitrogens with zero attached hydrogens (tertiary/aromatic N) is 3. The monoisotopic (exact) mass is 208 g/mol. The average Bonchev–Trinajstić information content (AvgIpc) is 1.78. The third-order valence-electron chi connectivity index (χ3n) is 0.883. The average molecular weight is 208 g/mol. The maximum Gasteiger partial charge on any atom is 0.399 e. The van der Waals surface area contributed by atoms with Gasteiger partial charge in [0.15, 0.2) is 0 Å². The van der Waals surface area contributed by atoms with Crippen molar-refractivity contribution in [2.45, 2.75) is 0 Å². The summed E-state index contributed by atoms with van der Waals surface area (Å²) in [5, 5.41) is 0. The van der Waals surface area contributed by atoms with Crippen LogP contribution in [0.4, 0.5) is 21.7 Å². The van der Waals surface area contributed by atoms with Crippen LogP contribution >= 0.6 is 0 Å². The lowest BCUT2D eigenvalue weighted by atomic mass is 10.8. The number of hydrogen-bond acceptors (Lipinski definition) is 7. The van der Waals surface area contributed by atoms with Gasteiger partial charge in [-0.2, -0.15) is 23.4 Å². The minimum Gasteiger partial charge on any atom is -0.368 e. The minimum absolute atomic E-state index is 0.307. The van der Waals surface area contributed by atoms with E-state index >= 15 is 0 Å². The van der Waals surface area contributed by atoms with Crippen molar-refractivity contribution in [3.63, 3.8) is 0 Å². The summed E-state index contributed by atoms with van der Waals surface area (Å²) in [5.41, 5.74) is 10.2. The zero-order chi connectivity index (χ0) is 10.1. The molecule has 1 aromatic rings. The predicted molar refractivity (Wildman–Crippen MR) is 42.3 cm³/mol. The molecule has 1 rings (SSSR count). The molecule has 0 saturated heterocycles. The summed E-state index contributed by atoms with van der Waals surface area (Å²) >= 11 is 0. The molecule has 0 fully saturated rings. The van der Waals surface area contributed by atoms with Crippen LogP contribution in [-0.2, 0) is 10.4 Å². The summed E-state index contributed by atoms with van der Waals surface area (Å²) in [5.74, 6) is -1.18. The van der Waals surface area contributed by atoms with Gasteiger partial charge in [-0.3, -0.25) is 0 Å². The summed E-state index contributed by atoms with van der Waals surface area (Å²) in [6.45, 7) is 0. The first-order valence-electron chi connectivity index (χ1n) is 2.86. The highest BCUT2D eigenvalue weighted by molar-refractivity contribution is 7.87. The standard InChI is InChI=1S/C3H5FN6O2S/c4-13(11,12)10-3-8-1(5)7-2(6)9-3/h(H5,5,6,7,8,9,10). The maximum absolute atomic E-state index is 12.0. The predicted octanol–water partition coefficient (Wildman–Crippen LogP) is -1.34. The lowest BCUT2D eigenvalue weighted by Gasteiger charge is -1.99. The van der Waals surface area contributed by atoms with Gasteiger partial charge >= 0.3 is 10.4 Å². The van der Waals surface area contributed by atoms with Gasteiger partial charge in [0.2, 0.25) is 17.8 Å².